The SMILES string of the molecule is CCN1OC[C@@H](NC(=O)c2cc(OC[C@H](C)NS(=O)(=O)C(F)(F)F)cnc2Cl)C1=O. The van der Waals surface area contributed by atoms with Crippen molar-refractivity contribution in [2.24, 2.45) is 0 Å². The van der Waals surface area contributed by atoms with Gasteiger partial charge in [0.2, 0.25) is 0 Å². The molecule has 30 heavy (non-hydrogen) atoms. The molecule has 0 unspecified atom stereocenters. The minimum Gasteiger partial charge on any atom is -0.490 e. The standard InChI is InChI=1S/C15H18ClF3N4O6S/c1-3-23-14(25)11(7-29-23)21-13(24)10-4-9(5-20-12(10)16)28-6-8(2)22-30(26,27)15(17,18)19/h4-5,8,11,22H,3,6-7H2,1-2H3,(H,21,24)/t8-,11+/m0/s1. The summed E-state index contributed by atoms with van der Waals surface area (Å²) in [6, 6.07) is -0.999. The first kappa shape index (κ1) is 24.1. The molecule has 0 bridgehead atoms. The molecule has 0 radical (unpaired) electrons. The van der Waals surface area contributed by atoms with Crippen molar-refractivity contribution < 1.29 is 40.8 Å². The topological polar surface area (TPSA) is 127 Å². The smallest absolute Gasteiger partial charge is 0.490 e. The van der Waals surface area contributed by atoms with Crippen molar-refractivity contribution in [1.82, 2.24) is 20.1 Å². The summed E-state index contributed by atoms with van der Waals surface area (Å²) in [4.78, 5) is 33.3. The Morgan fingerprint density at radius 3 is 2.73 bits per heavy atom. The molecule has 2 N–H and O–H groups in total. The van der Waals surface area contributed by atoms with Crippen molar-refractivity contribution in [2.75, 3.05) is 19.8 Å². The number of hydrogen-bond donors (Lipinski definition) is 2. The van der Waals surface area contributed by atoms with Gasteiger partial charge in [0, 0.05) is 6.54 Å². The highest BCUT2D eigenvalue weighted by Gasteiger charge is 2.46. The zero-order chi connectivity index (χ0) is 22.7. The molecule has 2 rings (SSSR count). The number of likely N-dealkylation sites (N-methyl/N-ethyl adjacent to an activating group) is 1. The van der Waals surface area contributed by atoms with Gasteiger partial charge < -0.3 is 10.1 Å². The molecule has 0 aromatic carbocycles. The molecule has 1 saturated heterocycles. The summed E-state index contributed by atoms with van der Waals surface area (Å²) < 4.78 is 66.0. The van der Waals surface area contributed by atoms with Crippen LogP contribution in [0.2, 0.25) is 5.15 Å². The highest BCUT2D eigenvalue weighted by molar-refractivity contribution is 7.90. The van der Waals surface area contributed by atoms with Crippen LogP contribution < -0.4 is 14.8 Å². The van der Waals surface area contributed by atoms with Crippen LogP contribution in [0.5, 0.6) is 5.75 Å². The molecule has 1 aromatic rings. The van der Waals surface area contributed by atoms with Crippen LogP contribution in [0.4, 0.5) is 13.2 Å². The Kier molecular flexibility index (Phi) is 7.49. The highest BCUT2D eigenvalue weighted by atomic mass is 35.5. The van der Waals surface area contributed by atoms with E-state index in [1.165, 1.54) is 4.72 Å². The van der Waals surface area contributed by atoms with E-state index in [4.69, 9.17) is 21.2 Å². The number of carbonyl (C=O) groups excluding carboxylic acids is 2. The molecule has 168 valence electrons. The van der Waals surface area contributed by atoms with Crippen molar-refractivity contribution >= 4 is 33.4 Å². The monoisotopic (exact) mass is 474 g/mol. The van der Waals surface area contributed by atoms with E-state index in [0.29, 0.717) is 6.54 Å². The van der Waals surface area contributed by atoms with Crippen LogP contribution in [-0.2, 0) is 19.7 Å². The number of pyridine rings is 1. The summed E-state index contributed by atoms with van der Waals surface area (Å²) in [5, 5.41) is 3.32. The minimum absolute atomic E-state index is 0.0493. The summed E-state index contributed by atoms with van der Waals surface area (Å²) in [6.45, 7) is 2.61. The Balaban J connectivity index is 2.01. The van der Waals surface area contributed by atoms with Gasteiger partial charge in [0.1, 0.15) is 30.2 Å². The van der Waals surface area contributed by atoms with Crippen molar-refractivity contribution in [1.29, 1.82) is 0 Å². The Bertz CT molecular complexity index is 914. The van der Waals surface area contributed by atoms with Crippen molar-refractivity contribution in [3.8, 4) is 5.75 Å². The molecule has 2 atom stereocenters. The van der Waals surface area contributed by atoms with Gasteiger partial charge in [0.15, 0.2) is 0 Å². The Morgan fingerprint density at radius 1 is 1.50 bits per heavy atom. The number of aromatic nitrogens is 1. The molecular weight excluding hydrogens is 457 g/mol. The fraction of sp³-hybridized carbons (Fsp3) is 0.533. The van der Waals surface area contributed by atoms with Crippen LogP contribution in [0.15, 0.2) is 12.3 Å². The van der Waals surface area contributed by atoms with Crippen molar-refractivity contribution in [3.05, 3.63) is 23.0 Å². The van der Waals surface area contributed by atoms with Gasteiger partial charge in [0.25, 0.3) is 11.8 Å². The normalized spacial score (nSPS) is 18.4. The minimum atomic E-state index is -5.53. The van der Waals surface area contributed by atoms with Crippen LogP contribution in [0.1, 0.15) is 24.2 Å². The van der Waals surface area contributed by atoms with Crippen molar-refractivity contribution in [3.63, 3.8) is 0 Å². The number of alkyl halides is 3. The number of amides is 2. The second-order valence-corrected chi connectivity index (χ2v) is 8.21. The van der Waals surface area contributed by atoms with Crippen LogP contribution in [0, 0.1) is 0 Å². The van der Waals surface area contributed by atoms with E-state index in [1.54, 1.807) is 6.92 Å². The van der Waals surface area contributed by atoms with Crippen molar-refractivity contribution in [2.45, 2.75) is 31.4 Å². The summed E-state index contributed by atoms with van der Waals surface area (Å²) in [5.41, 5.74) is -5.61. The summed E-state index contributed by atoms with van der Waals surface area (Å²) in [6.07, 6.45) is 1.10. The van der Waals surface area contributed by atoms with Crippen LogP contribution in [-0.4, -0.2) is 67.6 Å². The first-order chi connectivity index (χ1) is 13.9. The predicted octanol–water partition coefficient (Wildman–Crippen LogP) is 0.834. The van der Waals surface area contributed by atoms with E-state index < -0.39 is 46.0 Å². The molecule has 0 spiro atoms. The lowest BCUT2D eigenvalue weighted by molar-refractivity contribution is -0.160. The first-order valence-corrected chi connectivity index (χ1v) is 10.3. The maximum absolute atomic E-state index is 12.4. The molecule has 1 aliphatic heterocycles. The van der Waals surface area contributed by atoms with E-state index in [9.17, 15) is 31.2 Å². The lowest BCUT2D eigenvalue weighted by atomic mass is 10.2. The number of carbonyl (C=O) groups is 2. The first-order valence-electron chi connectivity index (χ1n) is 8.47. The third-order valence-corrected chi connectivity index (χ3v) is 5.38. The quantitative estimate of drug-likeness (QED) is 0.534. The predicted molar refractivity (Wildman–Crippen MR) is 96.9 cm³/mol. The Morgan fingerprint density at radius 2 is 2.17 bits per heavy atom. The molecule has 1 aromatic heterocycles. The zero-order valence-electron chi connectivity index (χ0n) is 15.7. The largest absolute Gasteiger partial charge is 0.511 e. The van der Waals surface area contributed by atoms with Gasteiger partial charge in [-0.15, -0.1) is 0 Å². The van der Waals surface area contributed by atoms with E-state index in [2.05, 4.69) is 10.3 Å². The Labute approximate surface area is 174 Å². The summed E-state index contributed by atoms with van der Waals surface area (Å²) in [5.74, 6) is -1.23. The van der Waals surface area contributed by atoms with Gasteiger partial charge in [-0.1, -0.05) is 11.6 Å². The van der Waals surface area contributed by atoms with Gasteiger partial charge in [-0.25, -0.2) is 23.2 Å². The molecule has 1 aliphatic rings. The van der Waals surface area contributed by atoms with Gasteiger partial charge in [-0.2, -0.15) is 13.2 Å². The van der Waals surface area contributed by atoms with E-state index in [1.807, 2.05) is 0 Å². The Hall–Kier alpha value is -2.16. The zero-order valence-corrected chi connectivity index (χ0v) is 17.3. The molecule has 0 aliphatic carbocycles. The van der Waals surface area contributed by atoms with Gasteiger partial charge in [-0.3, -0.25) is 14.4 Å². The molecule has 0 saturated carbocycles. The average Bonchev–Trinajstić information content (AvgIpc) is 2.99. The van der Waals surface area contributed by atoms with E-state index >= 15 is 0 Å². The lowest BCUT2D eigenvalue weighted by Crippen LogP contribution is -2.43. The van der Waals surface area contributed by atoms with Crippen LogP contribution >= 0.6 is 11.6 Å². The third kappa shape index (κ3) is 5.71. The molecule has 1 fully saturated rings. The number of hydroxylamine groups is 2. The summed E-state index contributed by atoms with van der Waals surface area (Å²) >= 11 is 5.90. The van der Waals surface area contributed by atoms with Gasteiger partial charge in [-0.05, 0) is 19.9 Å². The second-order valence-electron chi connectivity index (χ2n) is 6.14. The number of hydrogen-bond acceptors (Lipinski definition) is 7. The maximum atomic E-state index is 12.4. The average molecular weight is 475 g/mol. The molecular formula is C15H18ClF3N4O6S. The maximum Gasteiger partial charge on any atom is 0.511 e. The third-order valence-electron chi connectivity index (χ3n) is 3.75. The number of sulfonamides is 1. The van der Waals surface area contributed by atoms with Crippen LogP contribution in [0.25, 0.3) is 0 Å². The molecule has 2 amide bonds. The van der Waals surface area contributed by atoms with Gasteiger partial charge in [0.05, 0.1) is 17.8 Å². The number of halogens is 4. The second kappa shape index (κ2) is 9.32. The fourth-order valence-corrected chi connectivity index (χ4v) is 3.23. The van der Waals surface area contributed by atoms with E-state index in [-0.39, 0.29) is 23.1 Å². The van der Waals surface area contributed by atoms with Gasteiger partial charge >= 0.3 is 15.5 Å². The van der Waals surface area contributed by atoms with E-state index in [0.717, 1.165) is 24.3 Å². The van der Waals surface area contributed by atoms with Crippen LogP contribution in [0.3, 0.4) is 0 Å². The summed E-state index contributed by atoms with van der Waals surface area (Å²) in [7, 11) is -5.53. The molecule has 15 heteroatoms. The lowest BCUT2D eigenvalue weighted by Gasteiger charge is -2.17. The molecule has 2 heterocycles. The number of rotatable bonds is 8. The number of nitrogens with zero attached hydrogens (tertiary/aromatic N) is 2. The number of ether oxygens (including phenoxy) is 1. The number of nitrogens with one attached hydrogen (secondary N) is 2. The fourth-order valence-electron chi connectivity index (χ4n) is 2.31. The highest BCUT2D eigenvalue weighted by Crippen LogP contribution is 2.23. The molecule has 10 nitrogen and oxygen atoms in total.